The first kappa shape index (κ1) is 46.4. The summed E-state index contributed by atoms with van der Waals surface area (Å²) in [5.41, 5.74) is 0. The van der Waals surface area contributed by atoms with Gasteiger partial charge in [0, 0.05) is 19.3 Å². The molecule has 0 saturated carbocycles. The van der Waals surface area contributed by atoms with Gasteiger partial charge in [0.15, 0.2) is 6.10 Å². The highest BCUT2D eigenvalue weighted by molar-refractivity contribution is 5.71. The summed E-state index contributed by atoms with van der Waals surface area (Å²) in [5, 5.41) is 0. The maximum Gasteiger partial charge on any atom is 0.306 e. The van der Waals surface area contributed by atoms with E-state index in [0.717, 1.165) is 70.6 Å². The summed E-state index contributed by atoms with van der Waals surface area (Å²) in [5.74, 6) is -0.999. The molecule has 0 amide bonds. The zero-order valence-electron chi connectivity index (χ0n) is 31.9. The van der Waals surface area contributed by atoms with Gasteiger partial charge >= 0.3 is 17.9 Å². The standard InChI is InChI=1S/C43H74O6/c1-4-7-10-13-15-17-19-21-23-25-27-30-33-36-42(45)48-39-40(38-47-41(44)35-32-29-12-9-6-3)49-43(46)37-34-31-28-26-24-22-20-18-16-14-11-8-5-2/h7,10,15,17,21,23,27,30,40H,4-6,8-9,11-14,16,18-20,22,24-26,28-29,31-39H2,1-3H3/b10-7-,17-15-,23-21-,30-27-. The van der Waals surface area contributed by atoms with Crippen molar-refractivity contribution in [1.29, 1.82) is 0 Å². The van der Waals surface area contributed by atoms with Crippen LogP contribution in [0, 0.1) is 0 Å². The van der Waals surface area contributed by atoms with Gasteiger partial charge in [-0.1, -0.05) is 172 Å². The summed E-state index contributed by atoms with van der Waals surface area (Å²) >= 11 is 0. The summed E-state index contributed by atoms with van der Waals surface area (Å²) in [4.78, 5) is 37.3. The van der Waals surface area contributed by atoms with Gasteiger partial charge in [-0.2, -0.15) is 0 Å². The molecular formula is C43H74O6. The van der Waals surface area contributed by atoms with E-state index in [2.05, 4.69) is 57.2 Å². The fraction of sp³-hybridized carbons (Fsp3) is 0.744. The Morgan fingerprint density at radius 2 is 0.796 bits per heavy atom. The molecule has 0 fully saturated rings. The fourth-order valence-electron chi connectivity index (χ4n) is 5.34. The maximum absolute atomic E-state index is 12.6. The molecule has 0 aromatic rings. The molecule has 1 atom stereocenters. The van der Waals surface area contributed by atoms with Gasteiger partial charge < -0.3 is 14.2 Å². The molecule has 1 unspecified atom stereocenters. The highest BCUT2D eigenvalue weighted by Gasteiger charge is 2.19. The van der Waals surface area contributed by atoms with Gasteiger partial charge in [-0.05, 0) is 44.9 Å². The molecule has 6 heteroatoms. The molecule has 0 heterocycles. The third-order valence-electron chi connectivity index (χ3n) is 8.36. The minimum atomic E-state index is -0.792. The van der Waals surface area contributed by atoms with E-state index in [1.54, 1.807) is 0 Å². The summed E-state index contributed by atoms with van der Waals surface area (Å²) < 4.78 is 16.5. The molecule has 0 aliphatic rings. The van der Waals surface area contributed by atoms with Gasteiger partial charge in [0.1, 0.15) is 13.2 Å². The lowest BCUT2D eigenvalue weighted by Crippen LogP contribution is -2.30. The zero-order chi connectivity index (χ0) is 35.9. The summed E-state index contributed by atoms with van der Waals surface area (Å²) in [6, 6.07) is 0. The molecule has 49 heavy (non-hydrogen) atoms. The van der Waals surface area contributed by atoms with Crippen molar-refractivity contribution in [2.45, 2.75) is 194 Å². The first-order valence-corrected chi connectivity index (χ1v) is 20.1. The van der Waals surface area contributed by atoms with Gasteiger partial charge in [0.05, 0.1) is 0 Å². The number of carbonyl (C=O) groups is 3. The zero-order valence-corrected chi connectivity index (χ0v) is 31.9. The van der Waals surface area contributed by atoms with Crippen LogP contribution in [-0.4, -0.2) is 37.2 Å². The van der Waals surface area contributed by atoms with Crippen LogP contribution in [0.4, 0.5) is 0 Å². The highest BCUT2D eigenvalue weighted by atomic mass is 16.6. The predicted octanol–water partition coefficient (Wildman–Crippen LogP) is 12.4. The third kappa shape index (κ3) is 36.5. The van der Waals surface area contributed by atoms with Crippen LogP contribution < -0.4 is 0 Å². The van der Waals surface area contributed by atoms with Crippen molar-refractivity contribution in [2.75, 3.05) is 13.2 Å². The number of esters is 3. The van der Waals surface area contributed by atoms with E-state index in [9.17, 15) is 14.4 Å². The minimum Gasteiger partial charge on any atom is -0.462 e. The first-order chi connectivity index (χ1) is 24.0. The van der Waals surface area contributed by atoms with Gasteiger partial charge in [-0.3, -0.25) is 14.4 Å². The fourth-order valence-corrected chi connectivity index (χ4v) is 5.34. The van der Waals surface area contributed by atoms with Crippen LogP contribution in [0.25, 0.3) is 0 Å². The molecule has 0 aliphatic carbocycles. The van der Waals surface area contributed by atoms with Crippen LogP contribution in [0.2, 0.25) is 0 Å². The Hall–Kier alpha value is -2.63. The number of unbranched alkanes of at least 4 members (excludes halogenated alkanes) is 16. The van der Waals surface area contributed by atoms with E-state index in [1.807, 2.05) is 12.2 Å². The first-order valence-electron chi connectivity index (χ1n) is 20.1. The van der Waals surface area contributed by atoms with E-state index >= 15 is 0 Å². The Kier molecular flexibility index (Phi) is 36.1. The predicted molar refractivity (Wildman–Crippen MR) is 205 cm³/mol. The van der Waals surface area contributed by atoms with Crippen molar-refractivity contribution in [3.8, 4) is 0 Å². The largest absolute Gasteiger partial charge is 0.462 e. The van der Waals surface area contributed by atoms with Crippen molar-refractivity contribution in [3.63, 3.8) is 0 Å². The Labute approximate surface area is 301 Å². The Balaban J connectivity index is 4.38. The van der Waals surface area contributed by atoms with E-state index < -0.39 is 6.10 Å². The lowest BCUT2D eigenvalue weighted by atomic mass is 10.0. The van der Waals surface area contributed by atoms with Crippen molar-refractivity contribution >= 4 is 17.9 Å². The maximum atomic E-state index is 12.6. The highest BCUT2D eigenvalue weighted by Crippen LogP contribution is 2.14. The average Bonchev–Trinajstić information content (AvgIpc) is 3.09. The lowest BCUT2D eigenvalue weighted by molar-refractivity contribution is -0.166. The molecule has 0 spiro atoms. The number of hydrogen-bond acceptors (Lipinski definition) is 6. The summed E-state index contributed by atoms with van der Waals surface area (Å²) in [6.07, 6.45) is 42.8. The van der Waals surface area contributed by atoms with E-state index in [0.29, 0.717) is 19.3 Å². The second-order valence-electron chi connectivity index (χ2n) is 13.2. The molecule has 0 aliphatic heterocycles. The summed E-state index contributed by atoms with van der Waals surface area (Å²) in [7, 11) is 0. The topological polar surface area (TPSA) is 78.9 Å². The lowest BCUT2D eigenvalue weighted by Gasteiger charge is -2.18. The number of carbonyl (C=O) groups excluding carboxylic acids is 3. The minimum absolute atomic E-state index is 0.0950. The van der Waals surface area contributed by atoms with Gasteiger partial charge in [0.2, 0.25) is 0 Å². The normalized spacial score (nSPS) is 12.5. The molecule has 0 bridgehead atoms. The number of ether oxygens (including phenoxy) is 3. The molecule has 0 radical (unpaired) electrons. The van der Waals surface area contributed by atoms with Crippen molar-refractivity contribution in [3.05, 3.63) is 48.6 Å². The van der Waals surface area contributed by atoms with E-state index in [1.165, 1.54) is 70.6 Å². The molecule has 6 nitrogen and oxygen atoms in total. The van der Waals surface area contributed by atoms with Crippen molar-refractivity contribution in [2.24, 2.45) is 0 Å². The number of hydrogen-bond donors (Lipinski definition) is 0. The van der Waals surface area contributed by atoms with Crippen molar-refractivity contribution in [1.82, 2.24) is 0 Å². The van der Waals surface area contributed by atoms with Crippen LogP contribution in [0.3, 0.4) is 0 Å². The van der Waals surface area contributed by atoms with Crippen LogP contribution in [0.15, 0.2) is 48.6 Å². The Morgan fingerprint density at radius 1 is 0.429 bits per heavy atom. The molecule has 0 rings (SSSR count). The second kappa shape index (κ2) is 38.2. The van der Waals surface area contributed by atoms with Crippen LogP contribution >= 0.6 is 0 Å². The molecule has 0 N–H and O–H groups in total. The number of rotatable bonds is 35. The van der Waals surface area contributed by atoms with Crippen LogP contribution in [-0.2, 0) is 28.6 Å². The van der Waals surface area contributed by atoms with E-state index in [4.69, 9.17) is 14.2 Å². The summed E-state index contributed by atoms with van der Waals surface area (Å²) in [6.45, 7) is 6.34. The molecule has 0 aromatic carbocycles. The smallest absolute Gasteiger partial charge is 0.306 e. The van der Waals surface area contributed by atoms with Gasteiger partial charge in [-0.25, -0.2) is 0 Å². The molecule has 0 saturated heterocycles. The molecule has 0 aromatic heterocycles. The van der Waals surface area contributed by atoms with Crippen LogP contribution in [0.5, 0.6) is 0 Å². The van der Waals surface area contributed by atoms with Crippen molar-refractivity contribution < 1.29 is 28.6 Å². The Morgan fingerprint density at radius 3 is 1.24 bits per heavy atom. The van der Waals surface area contributed by atoms with Gasteiger partial charge in [-0.15, -0.1) is 0 Å². The SMILES string of the molecule is CC/C=C\C/C=C\C/C=C\C/C=C\CCC(=O)OCC(COC(=O)CCCCCCC)OC(=O)CCCCCCCCCCCCCCC. The average molecular weight is 687 g/mol. The second-order valence-corrected chi connectivity index (χ2v) is 13.2. The monoisotopic (exact) mass is 687 g/mol. The molecular weight excluding hydrogens is 612 g/mol. The number of allylic oxidation sites excluding steroid dienone is 8. The molecule has 282 valence electrons. The third-order valence-corrected chi connectivity index (χ3v) is 8.36. The van der Waals surface area contributed by atoms with Gasteiger partial charge in [0.25, 0.3) is 0 Å². The Bertz CT molecular complexity index is 887. The van der Waals surface area contributed by atoms with E-state index in [-0.39, 0.29) is 37.5 Å². The quantitative estimate of drug-likeness (QED) is 0.0286. The van der Waals surface area contributed by atoms with Crippen LogP contribution in [0.1, 0.15) is 188 Å².